The monoisotopic (exact) mass is 358 g/mol. The van der Waals surface area contributed by atoms with Crippen molar-refractivity contribution in [3.05, 3.63) is 78.5 Å². The average Bonchev–Trinajstić information content (AvgIpc) is 2.62. The van der Waals surface area contributed by atoms with E-state index in [1.54, 1.807) is 24.5 Å². The Labute approximate surface area is 144 Å². The van der Waals surface area contributed by atoms with Crippen molar-refractivity contribution >= 4 is 21.5 Å². The molecule has 1 aromatic carbocycles. The van der Waals surface area contributed by atoms with Crippen molar-refractivity contribution in [1.29, 1.82) is 0 Å². The van der Waals surface area contributed by atoms with Gasteiger partial charge < -0.3 is 5.32 Å². The number of sulfonamides is 1. The second kappa shape index (κ2) is 7.27. The predicted molar refractivity (Wildman–Crippen MR) is 93.0 cm³/mol. The van der Waals surface area contributed by atoms with E-state index in [0.29, 0.717) is 18.1 Å². The molecular formula is C17H15FN4O2S. The molecule has 0 aliphatic rings. The minimum Gasteiger partial charge on any atom is -0.366 e. The fraction of sp³-hybridized carbons (Fsp3) is 0.0588. The van der Waals surface area contributed by atoms with Gasteiger partial charge in [0.25, 0.3) is 10.0 Å². The first-order valence-electron chi connectivity index (χ1n) is 7.40. The van der Waals surface area contributed by atoms with Gasteiger partial charge in [0.15, 0.2) is 0 Å². The number of nitrogens with zero attached hydrogens (tertiary/aromatic N) is 2. The lowest BCUT2D eigenvalue weighted by atomic mass is 10.3. The molecule has 2 N–H and O–H groups in total. The second-order valence-electron chi connectivity index (χ2n) is 5.20. The summed E-state index contributed by atoms with van der Waals surface area (Å²) in [6.07, 6.45) is 4.82. The quantitative estimate of drug-likeness (QED) is 0.708. The zero-order valence-electron chi connectivity index (χ0n) is 13.1. The van der Waals surface area contributed by atoms with Gasteiger partial charge in [-0.3, -0.25) is 9.71 Å². The van der Waals surface area contributed by atoms with Gasteiger partial charge in [0.1, 0.15) is 11.6 Å². The van der Waals surface area contributed by atoms with Crippen molar-refractivity contribution in [2.24, 2.45) is 0 Å². The van der Waals surface area contributed by atoms with Gasteiger partial charge in [-0.05, 0) is 54.1 Å². The summed E-state index contributed by atoms with van der Waals surface area (Å²) in [4.78, 5) is 8.10. The van der Waals surface area contributed by atoms with Gasteiger partial charge in [0.05, 0.1) is 16.8 Å². The standard InChI is InChI=1S/C17H15FN4O2S/c18-14-1-4-16(5-2-14)25(23,24)22-15-3-6-17(21-12-15)20-11-13-7-9-19-10-8-13/h1-10,12,22H,11H2,(H,20,21). The van der Waals surface area contributed by atoms with Gasteiger partial charge in [-0.25, -0.2) is 17.8 Å². The van der Waals surface area contributed by atoms with E-state index in [9.17, 15) is 12.8 Å². The van der Waals surface area contributed by atoms with Crippen LogP contribution in [-0.4, -0.2) is 18.4 Å². The van der Waals surface area contributed by atoms with Crippen LogP contribution in [0.3, 0.4) is 0 Å². The van der Waals surface area contributed by atoms with E-state index >= 15 is 0 Å². The van der Waals surface area contributed by atoms with Crippen LogP contribution < -0.4 is 10.0 Å². The maximum absolute atomic E-state index is 12.9. The van der Waals surface area contributed by atoms with E-state index in [-0.39, 0.29) is 4.90 Å². The fourth-order valence-electron chi connectivity index (χ4n) is 2.08. The van der Waals surface area contributed by atoms with Crippen molar-refractivity contribution in [2.45, 2.75) is 11.4 Å². The first kappa shape index (κ1) is 16.8. The molecule has 0 unspecified atom stereocenters. The molecule has 0 bridgehead atoms. The van der Waals surface area contributed by atoms with E-state index in [1.165, 1.54) is 18.3 Å². The predicted octanol–water partition coefficient (Wildman–Crippen LogP) is 3.03. The molecule has 25 heavy (non-hydrogen) atoms. The van der Waals surface area contributed by atoms with Gasteiger partial charge in [-0.1, -0.05) is 0 Å². The van der Waals surface area contributed by atoms with Gasteiger partial charge in [0.2, 0.25) is 0 Å². The topological polar surface area (TPSA) is 84.0 Å². The number of pyridine rings is 2. The summed E-state index contributed by atoms with van der Waals surface area (Å²) < 4.78 is 39.8. The first-order valence-corrected chi connectivity index (χ1v) is 8.88. The molecule has 128 valence electrons. The lowest BCUT2D eigenvalue weighted by molar-refractivity contribution is 0.599. The molecule has 3 aromatic rings. The minimum absolute atomic E-state index is 0.0196. The smallest absolute Gasteiger partial charge is 0.261 e. The second-order valence-corrected chi connectivity index (χ2v) is 6.88. The van der Waals surface area contributed by atoms with E-state index in [4.69, 9.17) is 0 Å². The number of nitrogens with one attached hydrogen (secondary N) is 2. The zero-order valence-corrected chi connectivity index (χ0v) is 13.9. The Kier molecular flexibility index (Phi) is 4.90. The molecule has 0 saturated heterocycles. The fourth-order valence-corrected chi connectivity index (χ4v) is 3.12. The lowest BCUT2D eigenvalue weighted by Gasteiger charge is -2.09. The maximum atomic E-state index is 12.9. The third-order valence-electron chi connectivity index (χ3n) is 3.36. The number of halogens is 1. The Balaban J connectivity index is 1.65. The number of anilines is 2. The van der Waals surface area contributed by atoms with E-state index in [2.05, 4.69) is 20.0 Å². The van der Waals surface area contributed by atoms with Crippen LogP contribution in [0.1, 0.15) is 5.56 Å². The van der Waals surface area contributed by atoms with Gasteiger partial charge in [0, 0.05) is 18.9 Å². The van der Waals surface area contributed by atoms with Crippen LogP contribution in [-0.2, 0) is 16.6 Å². The Morgan fingerprint density at radius 1 is 0.960 bits per heavy atom. The highest BCUT2D eigenvalue weighted by molar-refractivity contribution is 7.92. The summed E-state index contributed by atoms with van der Waals surface area (Å²) in [5.41, 5.74) is 1.37. The number of benzene rings is 1. The van der Waals surface area contributed by atoms with Crippen LogP contribution >= 0.6 is 0 Å². The van der Waals surface area contributed by atoms with E-state index in [1.807, 2.05) is 12.1 Å². The van der Waals surface area contributed by atoms with Crippen molar-refractivity contribution < 1.29 is 12.8 Å². The Hall–Kier alpha value is -3.00. The maximum Gasteiger partial charge on any atom is 0.261 e. The van der Waals surface area contributed by atoms with Crippen molar-refractivity contribution in [2.75, 3.05) is 10.0 Å². The molecule has 8 heteroatoms. The Morgan fingerprint density at radius 3 is 2.32 bits per heavy atom. The zero-order chi connectivity index (χ0) is 17.7. The largest absolute Gasteiger partial charge is 0.366 e. The molecule has 0 aliphatic heterocycles. The average molecular weight is 358 g/mol. The molecule has 0 atom stereocenters. The molecule has 0 spiro atoms. The number of aromatic nitrogens is 2. The number of hydrogen-bond acceptors (Lipinski definition) is 5. The third kappa shape index (κ3) is 4.51. The molecule has 2 heterocycles. The highest BCUT2D eigenvalue weighted by Crippen LogP contribution is 2.17. The van der Waals surface area contributed by atoms with Gasteiger partial charge in [-0.15, -0.1) is 0 Å². The molecule has 6 nitrogen and oxygen atoms in total. The van der Waals surface area contributed by atoms with Crippen LogP contribution in [0.25, 0.3) is 0 Å². The van der Waals surface area contributed by atoms with Crippen LogP contribution in [0.5, 0.6) is 0 Å². The summed E-state index contributed by atoms with van der Waals surface area (Å²) in [6.45, 7) is 0.580. The number of rotatable bonds is 6. The Bertz CT molecular complexity index is 931. The molecular weight excluding hydrogens is 343 g/mol. The van der Waals surface area contributed by atoms with Crippen molar-refractivity contribution in [3.8, 4) is 0 Å². The summed E-state index contributed by atoms with van der Waals surface area (Å²) in [6, 6.07) is 11.6. The van der Waals surface area contributed by atoms with Crippen LogP contribution in [0, 0.1) is 5.82 Å². The molecule has 0 aliphatic carbocycles. The number of hydrogen-bond donors (Lipinski definition) is 2. The molecule has 0 saturated carbocycles. The van der Waals surface area contributed by atoms with Crippen LogP contribution in [0.4, 0.5) is 15.9 Å². The Morgan fingerprint density at radius 2 is 1.68 bits per heavy atom. The highest BCUT2D eigenvalue weighted by Gasteiger charge is 2.14. The third-order valence-corrected chi connectivity index (χ3v) is 4.76. The summed E-state index contributed by atoms with van der Waals surface area (Å²) in [5, 5.41) is 3.13. The van der Waals surface area contributed by atoms with Crippen molar-refractivity contribution in [3.63, 3.8) is 0 Å². The lowest BCUT2D eigenvalue weighted by Crippen LogP contribution is -2.13. The normalized spacial score (nSPS) is 11.1. The van der Waals surface area contributed by atoms with E-state index < -0.39 is 15.8 Å². The minimum atomic E-state index is -3.78. The molecule has 0 fully saturated rings. The molecule has 0 radical (unpaired) electrons. The molecule has 3 rings (SSSR count). The molecule has 2 aromatic heterocycles. The summed E-state index contributed by atoms with van der Waals surface area (Å²) in [7, 11) is -3.78. The molecule has 0 amide bonds. The van der Waals surface area contributed by atoms with E-state index in [0.717, 1.165) is 17.7 Å². The summed E-state index contributed by atoms with van der Waals surface area (Å²) >= 11 is 0. The van der Waals surface area contributed by atoms with Crippen LogP contribution in [0.2, 0.25) is 0 Å². The summed E-state index contributed by atoms with van der Waals surface area (Å²) in [5.74, 6) is 0.117. The van der Waals surface area contributed by atoms with Crippen molar-refractivity contribution in [1.82, 2.24) is 9.97 Å². The SMILES string of the molecule is O=S(=O)(Nc1ccc(NCc2ccncc2)nc1)c1ccc(F)cc1. The highest BCUT2D eigenvalue weighted by atomic mass is 32.2. The van der Waals surface area contributed by atoms with Crippen LogP contribution in [0.15, 0.2) is 72.0 Å². The van der Waals surface area contributed by atoms with Gasteiger partial charge >= 0.3 is 0 Å². The van der Waals surface area contributed by atoms with Gasteiger partial charge in [-0.2, -0.15) is 0 Å². The first-order chi connectivity index (χ1) is 12.0.